The SMILES string of the molecule is NCC(=O)c1cc2ncncc2[nH]1. The zero-order valence-electron chi connectivity index (χ0n) is 6.82. The number of rotatable bonds is 2. The Labute approximate surface area is 74.0 Å². The molecule has 5 nitrogen and oxygen atoms in total. The molecule has 13 heavy (non-hydrogen) atoms. The second-order valence-electron chi connectivity index (χ2n) is 2.63. The summed E-state index contributed by atoms with van der Waals surface area (Å²) in [6, 6.07) is 1.67. The number of aromatic nitrogens is 3. The van der Waals surface area contributed by atoms with Crippen LogP contribution in [0.1, 0.15) is 10.5 Å². The fraction of sp³-hybridized carbons (Fsp3) is 0.125. The molecule has 0 aliphatic carbocycles. The number of carbonyl (C=O) groups is 1. The summed E-state index contributed by atoms with van der Waals surface area (Å²) >= 11 is 0. The van der Waals surface area contributed by atoms with Crippen LogP contribution in [0.4, 0.5) is 0 Å². The number of hydrogen-bond acceptors (Lipinski definition) is 4. The second-order valence-corrected chi connectivity index (χ2v) is 2.63. The highest BCUT2D eigenvalue weighted by atomic mass is 16.1. The van der Waals surface area contributed by atoms with Gasteiger partial charge in [0.1, 0.15) is 6.33 Å². The van der Waals surface area contributed by atoms with Crippen molar-refractivity contribution in [2.75, 3.05) is 6.54 Å². The highest BCUT2D eigenvalue weighted by Crippen LogP contribution is 2.10. The summed E-state index contributed by atoms with van der Waals surface area (Å²) in [7, 11) is 0. The molecular formula is C8H8N4O. The zero-order chi connectivity index (χ0) is 9.26. The molecule has 0 aliphatic heterocycles. The lowest BCUT2D eigenvalue weighted by Gasteiger charge is -1.88. The van der Waals surface area contributed by atoms with E-state index in [0.29, 0.717) is 5.69 Å². The summed E-state index contributed by atoms with van der Waals surface area (Å²) in [4.78, 5) is 21.9. The number of nitrogens with one attached hydrogen (secondary N) is 1. The van der Waals surface area contributed by atoms with Gasteiger partial charge in [-0.25, -0.2) is 9.97 Å². The molecule has 0 unspecified atom stereocenters. The average Bonchev–Trinajstić information content (AvgIpc) is 2.59. The fourth-order valence-electron chi connectivity index (χ4n) is 1.13. The van der Waals surface area contributed by atoms with Crippen LogP contribution in [0, 0.1) is 0 Å². The van der Waals surface area contributed by atoms with Crippen LogP contribution in [-0.4, -0.2) is 27.3 Å². The molecule has 2 aromatic rings. The average molecular weight is 176 g/mol. The number of nitrogens with two attached hydrogens (primary N) is 1. The maximum Gasteiger partial charge on any atom is 0.192 e. The molecule has 0 radical (unpaired) electrons. The number of Topliss-reactive ketones (excluding diaryl/α,β-unsaturated/α-hetero) is 1. The Balaban J connectivity index is 2.56. The van der Waals surface area contributed by atoms with Crippen LogP contribution in [-0.2, 0) is 0 Å². The van der Waals surface area contributed by atoms with Gasteiger partial charge in [0.25, 0.3) is 0 Å². The van der Waals surface area contributed by atoms with Crippen molar-refractivity contribution in [3.05, 3.63) is 24.3 Å². The van der Waals surface area contributed by atoms with Crippen LogP contribution >= 0.6 is 0 Å². The van der Waals surface area contributed by atoms with Gasteiger partial charge >= 0.3 is 0 Å². The van der Waals surface area contributed by atoms with Crippen LogP contribution in [0.3, 0.4) is 0 Å². The minimum Gasteiger partial charge on any atom is -0.349 e. The first-order valence-corrected chi connectivity index (χ1v) is 3.83. The summed E-state index contributed by atoms with van der Waals surface area (Å²) in [5.74, 6) is -0.127. The van der Waals surface area contributed by atoms with Crippen molar-refractivity contribution in [1.29, 1.82) is 0 Å². The predicted octanol–water partition coefficient (Wildman–Crippen LogP) is 0.0993. The summed E-state index contributed by atoms with van der Waals surface area (Å²) in [5, 5.41) is 0. The highest BCUT2D eigenvalue weighted by molar-refractivity contribution is 5.99. The number of fused-ring (bicyclic) bond motifs is 1. The monoisotopic (exact) mass is 176 g/mol. The van der Waals surface area contributed by atoms with E-state index in [4.69, 9.17) is 5.73 Å². The standard InChI is InChI=1S/C8H8N4O/c9-2-8(13)6-1-5-7(12-6)3-10-4-11-5/h1,3-4,12H,2,9H2. The number of carbonyl (C=O) groups excluding carboxylic acids is 1. The predicted molar refractivity (Wildman–Crippen MR) is 47.3 cm³/mol. The number of hydrogen-bond donors (Lipinski definition) is 2. The number of H-pyrrole nitrogens is 1. The van der Waals surface area contributed by atoms with Gasteiger partial charge in [0.15, 0.2) is 5.78 Å². The van der Waals surface area contributed by atoms with E-state index in [2.05, 4.69) is 15.0 Å². The van der Waals surface area contributed by atoms with Crippen molar-refractivity contribution >= 4 is 16.8 Å². The molecule has 0 bridgehead atoms. The summed E-state index contributed by atoms with van der Waals surface area (Å²) in [6.45, 7) is 0.000248. The van der Waals surface area contributed by atoms with E-state index >= 15 is 0 Å². The fourth-order valence-corrected chi connectivity index (χ4v) is 1.13. The molecule has 0 saturated carbocycles. The molecule has 0 aliphatic rings. The third-order valence-corrected chi connectivity index (χ3v) is 1.78. The highest BCUT2D eigenvalue weighted by Gasteiger charge is 2.07. The third kappa shape index (κ3) is 1.29. The molecule has 2 heterocycles. The summed E-state index contributed by atoms with van der Waals surface area (Å²) < 4.78 is 0. The number of nitrogens with zero attached hydrogens (tertiary/aromatic N) is 2. The van der Waals surface area contributed by atoms with E-state index < -0.39 is 0 Å². The van der Waals surface area contributed by atoms with Crippen molar-refractivity contribution < 1.29 is 4.79 Å². The Morgan fingerprint density at radius 1 is 1.62 bits per heavy atom. The minimum absolute atomic E-state index is 0.000248. The lowest BCUT2D eigenvalue weighted by Crippen LogP contribution is -2.13. The number of aromatic amines is 1. The smallest absolute Gasteiger partial charge is 0.192 e. The molecule has 3 N–H and O–H groups in total. The quantitative estimate of drug-likeness (QED) is 0.635. The van der Waals surface area contributed by atoms with Crippen molar-refractivity contribution in [3.63, 3.8) is 0 Å². The van der Waals surface area contributed by atoms with Gasteiger partial charge in [0.2, 0.25) is 0 Å². The lowest BCUT2D eigenvalue weighted by molar-refractivity contribution is 0.0997. The summed E-state index contributed by atoms with van der Waals surface area (Å²) in [5.41, 5.74) is 7.18. The van der Waals surface area contributed by atoms with Gasteiger partial charge in [-0.05, 0) is 6.07 Å². The molecule has 0 saturated heterocycles. The lowest BCUT2D eigenvalue weighted by atomic mass is 10.3. The first kappa shape index (κ1) is 7.88. The van der Waals surface area contributed by atoms with Gasteiger partial charge in [-0.2, -0.15) is 0 Å². The Morgan fingerprint density at radius 2 is 2.46 bits per heavy atom. The van der Waals surface area contributed by atoms with Crippen LogP contribution in [0.15, 0.2) is 18.6 Å². The van der Waals surface area contributed by atoms with Crippen LogP contribution in [0.25, 0.3) is 11.0 Å². The summed E-state index contributed by atoms with van der Waals surface area (Å²) in [6.07, 6.45) is 3.06. The zero-order valence-corrected chi connectivity index (χ0v) is 6.82. The van der Waals surface area contributed by atoms with Gasteiger partial charge in [-0.15, -0.1) is 0 Å². The molecule has 0 fully saturated rings. The third-order valence-electron chi connectivity index (χ3n) is 1.78. The van der Waals surface area contributed by atoms with E-state index in [1.54, 1.807) is 12.3 Å². The molecule has 0 spiro atoms. The molecule has 66 valence electrons. The topological polar surface area (TPSA) is 84.7 Å². The number of ketones is 1. The van der Waals surface area contributed by atoms with E-state index in [1.165, 1.54) is 6.33 Å². The van der Waals surface area contributed by atoms with Crippen LogP contribution in [0.2, 0.25) is 0 Å². The normalized spacial score (nSPS) is 10.5. The van der Waals surface area contributed by atoms with Crippen LogP contribution < -0.4 is 5.73 Å². The van der Waals surface area contributed by atoms with Gasteiger partial charge < -0.3 is 10.7 Å². The maximum atomic E-state index is 11.2. The molecule has 0 atom stereocenters. The minimum atomic E-state index is -0.127. The molecule has 0 amide bonds. The molecular weight excluding hydrogens is 168 g/mol. The van der Waals surface area contributed by atoms with E-state index in [0.717, 1.165) is 11.0 Å². The Hall–Kier alpha value is -1.75. The van der Waals surface area contributed by atoms with Crippen molar-refractivity contribution in [2.24, 2.45) is 5.73 Å². The molecule has 2 aromatic heterocycles. The van der Waals surface area contributed by atoms with Gasteiger partial charge in [0.05, 0.1) is 29.5 Å². The largest absolute Gasteiger partial charge is 0.349 e. The van der Waals surface area contributed by atoms with Crippen molar-refractivity contribution in [2.45, 2.75) is 0 Å². The Morgan fingerprint density at radius 3 is 3.15 bits per heavy atom. The van der Waals surface area contributed by atoms with E-state index in [9.17, 15) is 4.79 Å². The Bertz CT molecular complexity index is 415. The first-order chi connectivity index (χ1) is 6.31. The van der Waals surface area contributed by atoms with Crippen LogP contribution in [0.5, 0.6) is 0 Å². The van der Waals surface area contributed by atoms with Crippen molar-refractivity contribution in [3.8, 4) is 0 Å². The van der Waals surface area contributed by atoms with E-state index in [1.807, 2.05) is 0 Å². The van der Waals surface area contributed by atoms with Gasteiger partial charge in [0, 0.05) is 0 Å². The van der Waals surface area contributed by atoms with Crippen molar-refractivity contribution in [1.82, 2.24) is 15.0 Å². The van der Waals surface area contributed by atoms with E-state index in [-0.39, 0.29) is 12.3 Å². The molecule has 2 rings (SSSR count). The first-order valence-electron chi connectivity index (χ1n) is 3.83. The maximum absolute atomic E-state index is 11.2. The van der Waals surface area contributed by atoms with Gasteiger partial charge in [-0.1, -0.05) is 0 Å². The molecule has 0 aromatic carbocycles. The van der Waals surface area contributed by atoms with Gasteiger partial charge in [-0.3, -0.25) is 4.79 Å². The molecule has 5 heteroatoms. The Kier molecular flexibility index (Phi) is 1.79. The second kappa shape index (κ2) is 2.95.